The molecule has 186 valence electrons. The number of halogens is 2. The Bertz CT molecular complexity index is 1270. The minimum Gasteiger partial charge on any atom is -0.454 e. The van der Waals surface area contributed by atoms with E-state index in [2.05, 4.69) is 4.72 Å². The van der Waals surface area contributed by atoms with Gasteiger partial charge in [-0.3, -0.25) is 9.52 Å². The second kappa shape index (κ2) is 9.09. The molecule has 0 unspecified atom stereocenters. The molecule has 0 heterocycles. The fraction of sp³-hybridized carbons (Fsp3) is 0.462. The zero-order chi connectivity index (χ0) is 25.0. The van der Waals surface area contributed by atoms with E-state index < -0.39 is 16.0 Å². The van der Waals surface area contributed by atoms with E-state index in [1.54, 1.807) is 12.1 Å². The van der Waals surface area contributed by atoms with E-state index in [0.717, 1.165) is 30.9 Å². The highest BCUT2D eigenvalue weighted by Crippen LogP contribution is 2.60. The first kappa shape index (κ1) is 24.6. The highest BCUT2D eigenvalue weighted by Gasteiger charge is 2.54. The first-order valence-corrected chi connectivity index (χ1v) is 14.1. The van der Waals surface area contributed by atoms with Crippen LogP contribution in [-0.2, 0) is 19.6 Å². The van der Waals surface area contributed by atoms with Crippen LogP contribution in [0.25, 0.3) is 0 Å². The largest absolute Gasteiger partial charge is 0.454 e. The van der Waals surface area contributed by atoms with Crippen molar-refractivity contribution in [1.82, 2.24) is 0 Å². The van der Waals surface area contributed by atoms with Crippen molar-refractivity contribution in [3.8, 4) is 0 Å². The summed E-state index contributed by atoms with van der Waals surface area (Å²) < 4.78 is 33.6. The Kier molecular flexibility index (Phi) is 6.39. The van der Waals surface area contributed by atoms with E-state index in [-0.39, 0.29) is 33.3 Å². The van der Waals surface area contributed by atoms with Gasteiger partial charge in [0.15, 0.2) is 12.4 Å². The van der Waals surface area contributed by atoms with Crippen LogP contribution in [0.3, 0.4) is 0 Å². The van der Waals surface area contributed by atoms with E-state index in [4.69, 9.17) is 27.9 Å². The number of carbonyl (C=O) groups is 2. The van der Waals surface area contributed by atoms with Crippen molar-refractivity contribution < 1.29 is 22.7 Å². The maximum Gasteiger partial charge on any atom is 0.340 e. The number of ether oxygens (including phenoxy) is 1. The van der Waals surface area contributed by atoms with Crippen LogP contribution < -0.4 is 4.72 Å². The second-order valence-corrected chi connectivity index (χ2v) is 12.9. The Labute approximate surface area is 215 Å². The fourth-order valence-electron chi connectivity index (χ4n) is 6.51. The molecule has 2 aromatic carbocycles. The van der Waals surface area contributed by atoms with E-state index >= 15 is 0 Å². The molecule has 0 spiro atoms. The summed E-state index contributed by atoms with van der Waals surface area (Å²) in [6, 6.07) is 8.60. The van der Waals surface area contributed by atoms with Gasteiger partial charge in [-0.25, -0.2) is 13.2 Å². The summed E-state index contributed by atoms with van der Waals surface area (Å²) in [7, 11) is -4.02. The molecule has 35 heavy (non-hydrogen) atoms. The van der Waals surface area contributed by atoms with Crippen molar-refractivity contribution >= 4 is 50.7 Å². The molecule has 6 nitrogen and oxygen atoms in total. The molecule has 0 amide bonds. The smallest absolute Gasteiger partial charge is 0.340 e. The molecule has 0 aliphatic heterocycles. The molecule has 0 radical (unpaired) electrons. The van der Waals surface area contributed by atoms with Gasteiger partial charge in [-0.1, -0.05) is 29.3 Å². The number of hydrogen-bond donors (Lipinski definition) is 1. The quantitative estimate of drug-likeness (QED) is 0.436. The Hall–Kier alpha value is -2.09. The van der Waals surface area contributed by atoms with Crippen LogP contribution in [-0.4, -0.2) is 26.8 Å². The molecule has 0 atom stereocenters. The highest BCUT2D eigenvalue weighted by atomic mass is 35.5. The van der Waals surface area contributed by atoms with Crippen molar-refractivity contribution in [2.45, 2.75) is 50.3 Å². The molecule has 4 bridgehead atoms. The maximum absolute atomic E-state index is 13.2. The van der Waals surface area contributed by atoms with Crippen LogP contribution in [0.15, 0.2) is 41.3 Å². The van der Waals surface area contributed by atoms with Crippen LogP contribution in [0.5, 0.6) is 0 Å². The van der Waals surface area contributed by atoms with Crippen molar-refractivity contribution in [3.05, 3.63) is 57.6 Å². The average molecular weight is 536 g/mol. The first-order valence-electron chi connectivity index (χ1n) is 11.8. The normalized spacial score (nSPS) is 27.0. The lowest BCUT2D eigenvalue weighted by Gasteiger charge is -2.55. The molecule has 4 aliphatic rings. The van der Waals surface area contributed by atoms with Gasteiger partial charge < -0.3 is 4.74 Å². The molecule has 0 saturated heterocycles. The van der Waals surface area contributed by atoms with Gasteiger partial charge in [0.2, 0.25) is 0 Å². The number of aryl methyl sites for hydroxylation is 1. The predicted octanol–water partition coefficient (Wildman–Crippen LogP) is 6.04. The van der Waals surface area contributed by atoms with Crippen LogP contribution in [0.2, 0.25) is 10.0 Å². The fourth-order valence-corrected chi connectivity index (χ4v) is 7.96. The van der Waals surface area contributed by atoms with Crippen LogP contribution in [0.4, 0.5) is 5.69 Å². The molecule has 1 N–H and O–H groups in total. The summed E-state index contributed by atoms with van der Waals surface area (Å²) in [5.74, 6) is 0.973. The third-order valence-corrected chi connectivity index (χ3v) is 9.97. The van der Waals surface area contributed by atoms with Crippen LogP contribution in [0.1, 0.15) is 54.4 Å². The van der Waals surface area contributed by atoms with Gasteiger partial charge in [0, 0.05) is 10.4 Å². The number of benzene rings is 2. The summed E-state index contributed by atoms with van der Waals surface area (Å²) >= 11 is 12.3. The van der Waals surface area contributed by atoms with E-state index in [1.807, 2.05) is 6.92 Å². The summed E-state index contributed by atoms with van der Waals surface area (Å²) in [6.07, 6.45) is 6.31. The number of ketones is 1. The van der Waals surface area contributed by atoms with Gasteiger partial charge in [-0.15, -0.1) is 0 Å². The summed E-state index contributed by atoms with van der Waals surface area (Å²) in [5.41, 5.74) is 0.633. The Morgan fingerprint density at radius 2 is 1.60 bits per heavy atom. The standard InChI is InChI=1S/C26H27Cl2NO5S/c1-15-2-3-19(9-23(15)28)29-35(32,33)20-4-5-22(27)21(10-20)25(31)34-14-24(30)26-11-16-6-17(12-26)8-18(7-16)13-26/h2-5,9-10,16-18,29H,6-8,11-14H2,1H3. The SMILES string of the molecule is Cc1ccc(NS(=O)(=O)c2ccc(Cl)c(C(=O)OCC(=O)C34CC5CC(CC(C5)C3)C4)c2)cc1Cl. The summed E-state index contributed by atoms with van der Waals surface area (Å²) in [5, 5.41) is 0.476. The van der Waals surface area contributed by atoms with Gasteiger partial charge in [-0.05, 0) is 99.1 Å². The molecule has 2 aromatic rings. The second-order valence-electron chi connectivity index (χ2n) is 10.4. The van der Waals surface area contributed by atoms with Crippen molar-refractivity contribution in [2.24, 2.45) is 23.2 Å². The van der Waals surface area contributed by atoms with Crippen molar-refractivity contribution in [1.29, 1.82) is 0 Å². The third kappa shape index (κ3) is 4.83. The zero-order valence-electron chi connectivity index (χ0n) is 19.4. The molecular weight excluding hydrogens is 509 g/mol. The maximum atomic E-state index is 13.2. The molecule has 4 fully saturated rings. The summed E-state index contributed by atoms with van der Waals surface area (Å²) in [6.45, 7) is 1.49. The van der Waals surface area contributed by atoms with Crippen LogP contribution >= 0.6 is 23.2 Å². The monoisotopic (exact) mass is 535 g/mol. The lowest BCUT2D eigenvalue weighted by molar-refractivity contribution is -0.147. The van der Waals surface area contributed by atoms with Crippen molar-refractivity contribution in [3.63, 3.8) is 0 Å². The molecule has 4 saturated carbocycles. The van der Waals surface area contributed by atoms with Crippen molar-refractivity contribution in [2.75, 3.05) is 11.3 Å². The number of hydrogen-bond acceptors (Lipinski definition) is 5. The van der Waals surface area contributed by atoms with Crippen LogP contribution in [0, 0.1) is 30.1 Å². The number of esters is 1. The Morgan fingerprint density at radius 1 is 0.971 bits per heavy atom. The number of nitrogens with one attached hydrogen (secondary N) is 1. The lowest BCUT2D eigenvalue weighted by atomic mass is 9.48. The lowest BCUT2D eigenvalue weighted by Crippen LogP contribution is -2.51. The van der Waals surface area contributed by atoms with Gasteiger partial charge in [-0.2, -0.15) is 0 Å². The number of carbonyl (C=O) groups excluding carboxylic acids is 2. The minimum absolute atomic E-state index is 0.0252. The number of Topliss-reactive ketones (excluding diaryl/α,β-unsaturated/α-hetero) is 1. The minimum atomic E-state index is -4.02. The molecular formula is C26H27Cl2NO5S. The van der Waals surface area contributed by atoms with E-state index in [1.165, 1.54) is 37.5 Å². The van der Waals surface area contributed by atoms with Gasteiger partial charge in [0.25, 0.3) is 10.0 Å². The molecule has 4 aliphatic carbocycles. The average Bonchev–Trinajstić information content (AvgIpc) is 2.78. The number of rotatable bonds is 7. The zero-order valence-corrected chi connectivity index (χ0v) is 21.7. The van der Waals surface area contributed by atoms with E-state index in [9.17, 15) is 18.0 Å². The molecule has 9 heteroatoms. The highest BCUT2D eigenvalue weighted by molar-refractivity contribution is 7.92. The molecule has 6 rings (SSSR count). The van der Waals surface area contributed by atoms with E-state index in [0.29, 0.717) is 28.5 Å². The molecule has 0 aromatic heterocycles. The Morgan fingerprint density at radius 3 is 2.20 bits per heavy atom. The topological polar surface area (TPSA) is 89.5 Å². The predicted molar refractivity (Wildman–Crippen MR) is 134 cm³/mol. The summed E-state index contributed by atoms with van der Waals surface area (Å²) in [4.78, 5) is 25.8. The first-order chi connectivity index (χ1) is 16.5. The third-order valence-electron chi connectivity index (χ3n) is 7.86. The van der Waals surface area contributed by atoms with Gasteiger partial charge in [0.05, 0.1) is 21.2 Å². The number of sulfonamides is 1. The number of anilines is 1. The van der Waals surface area contributed by atoms with Gasteiger partial charge in [0.1, 0.15) is 0 Å². The Balaban J connectivity index is 1.29. The van der Waals surface area contributed by atoms with Gasteiger partial charge >= 0.3 is 5.97 Å².